The normalized spacial score (nSPS) is 15.8. The van der Waals surface area contributed by atoms with Crippen LogP contribution < -0.4 is 21.3 Å². The highest BCUT2D eigenvalue weighted by Gasteiger charge is 2.43. The zero-order chi connectivity index (χ0) is 62.6. The van der Waals surface area contributed by atoms with Crippen LogP contribution in [0.3, 0.4) is 0 Å². The van der Waals surface area contributed by atoms with Gasteiger partial charge in [0.1, 0.15) is 42.3 Å². The Morgan fingerprint density at radius 1 is 0.512 bits per heavy atom. The van der Waals surface area contributed by atoms with Gasteiger partial charge in [-0.2, -0.15) is 0 Å². The monoisotopic (exact) mass is 1150 g/mol. The first-order chi connectivity index (χ1) is 38.2. The van der Waals surface area contributed by atoms with Crippen molar-refractivity contribution in [3.05, 3.63) is 35.9 Å². The van der Waals surface area contributed by atoms with E-state index in [-0.39, 0.29) is 61.7 Å². The minimum Gasteiger partial charge on any atom is -0.391 e. The molecule has 1 aliphatic rings. The van der Waals surface area contributed by atoms with Gasteiger partial charge in [0.05, 0.1) is 12.6 Å². The second-order valence-corrected chi connectivity index (χ2v) is 23.8. The van der Waals surface area contributed by atoms with Gasteiger partial charge < -0.3 is 60.7 Å². The molecule has 1 aliphatic heterocycles. The highest BCUT2D eigenvalue weighted by atomic mass is 16.3. The summed E-state index contributed by atoms with van der Waals surface area (Å²) >= 11 is 0. The van der Waals surface area contributed by atoms with E-state index < -0.39 is 120 Å². The first-order valence-corrected chi connectivity index (χ1v) is 28.9. The van der Waals surface area contributed by atoms with Crippen molar-refractivity contribution in [1.82, 2.24) is 55.6 Å². The van der Waals surface area contributed by atoms with Gasteiger partial charge in [-0.1, -0.05) is 85.7 Å². The third kappa shape index (κ3) is 20.7. The van der Waals surface area contributed by atoms with Crippen LogP contribution in [0.15, 0.2) is 30.3 Å². The summed E-state index contributed by atoms with van der Waals surface area (Å²) in [6, 6.07) is -0.736. The summed E-state index contributed by atoms with van der Waals surface area (Å²) in [6.45, 7) is 19.2. The molecule has 2 rings (SSSR count). The molecule has 0 aliphatic carbocycles. The van der Waals surface area contributed by atoms with Crippen LogP contribution in [0.5, 0.6) is 0 Å². The summed E-state index contributed by atoms with van der Waals surface area (Å²) in [5.74, 6) is -7.52. The summed E-state index contributed by atoms with van der Waals surface area (Å²) in [6.07, 6.45) is 1.83. The Hall–Kier alpha value is -6.65. The Kier molecular flexibility index (Phi) is 29.2. The van der Waals surface area contributed by atoms with Crippen molar-refractivity contribution in [2.75, 3.05) is 69.0 Å². The van der Waals surface area contributed by atoms with Gasteiger partial charge in [-0.15, -0.1) is 0 Å². The molecule has 11 amide bonds. The van der Waals surface area contributed by atoms with Crippen molar-refractivity contribution in [2.24, 2.45) is 23.7 Å². The van der Waals surface area contributed by atoms with E-state index >= 15 is 0 Å². The number of carbonyl (C=O) groups excluding carboxylic acids is 11. The summed E-state index contributed by atoms with van der Waals surface area (Å²) in [5, 5.41) is 21.2. The maximum absolute atomic E-state index is 14.7. The van der Waals surface area contributed by atoms with Gasteiger partial charge in [0.25, 0.3) is 11.8 Å². The first kappa shape index (κ1) is 71.5. The summed E-state index contributed by atoms with van der Waals surface area (Å²) in [5.41, 5.74) is 0.792. The number of hydrogen-bond acceptors (Lipinski definition) is 12. The predicted molar refractivity (Wildman–Crippen MR) is 312 cm³/mol. The minimum atomic E-state index is -1.58. The van der Waals surface area contributed by atoms with Crippen molar-refractivity contribution in [3.8, 4) is 0 Å². The maximum atomic E-state index is 14.7. The Balaban J connectivity index is 2.33. The van der Waals surface area contributed by atoms with Crippen molar-refractivity contribution >= 4 is 65.0 Å². The molecule has 0 bridgehead atoms. The second kappa shape index (κ2) is 33.5. The number of benzene rings is 1. The fourth-order valence-corrected chi connectivity index (χ4v) is 9.88. The lowest BCUT2D eigenvalue weighted by Gasteiger charge is -2.39. The number of likely N-dealkylation sites (tertiary alicyclic amines) is 1. The van der Waals surface area contributed by atoms with E-state index in [1.165, 1.54) is 94.6 Å². The molecule has 0 aromatic heterocycles. The molecule has 1 unspecified atom stereocenters. The van der Waals surface area contributed by atoms with E-state index in [2.05, 4.69) is 21.3 Å². The molecule has 23 heteroatoms. The van der Waals surface area contributed by atoms with Crippen LogP contribution in [0.25, 0.3) is 0 Å². The third-order valence-electron chi connectivity index (χ3n) is 15.3. The van der Waals surface area contributed by atoms with Crippen LogP contribution in [-0.4, -0.2) is 228 Å². The van der Waals surface area contributed by atoms with Crippen molar-refractivity contribution in [1.29, 1.82) is 0 Å². The van der Waals surface area contributed by atoms with Gasteiger partial charge in [-0.3, -0.25) is 52.7 Å². The summed E-state index contributed by atoms with van der Waals surface area (Å²) in [4.78, 5) is 162. The molecule has 1 aromatic carbocycles. The first-order valence-electron chi connectivity index (χ1n) is 28.9. The molecule has 1 fully saturated rings. The Morgan fingerprint density at radius 3 is 1.38 bits per heavy atom. The van der Waals surface area contributed by atoms with Gasteiger partial charge >= 0.3 is 0 Å². The zero-order valence-electron chi connectivity index (χ0n) is 52.2. The number of amides is 11. The standard InChI is InChI=1S/C59H99N11O12/c1-35(2)29-43(68(17)57(80)47(65(14)41(11)72)33-42-25-21-19-22-26-42)52(75)62-49(40(10)71)58(81)64(13)39(9)51(74)61-34-48(73)66(15)45(31-37(5)6)55(78)69(18)46(32-38(7)8)56(79)67(16)44(30-36(3)4)53(76)63-50(54(77)60-12)59(82)70-27-23-20-24-28-70/h19,21-22,25-26,35-40,43-47,49-50,71H,20,23-24,27-34H2,1-18H3,(H,60,77)(H,61,74)(H,62,75)(H,63,76)/t39-,40+,43?,44-,45-,46-,47-,49-,50-/m0/s1. The molecule has 5 N–H and O–H groups in total. The number of likely N-dealkylation sites (N-methyl/N-ethyl adjacent to an activating group) is 7. The van der Waals surface area contributed by atoms with E-state index in [1.54, 1.807) is 4.90 Å². The molecule has 82 heavy (non-hydrogen) atoms. The van der Waals surface area contributed by atoms with Gasteiger partial charge in [-0.25, -0.2) is 0 Å². The fourth-order valence-electron chi connectivity index (χ4n) is 9.88. The average molecular weight is 1150 g/mol. The molecular formula is C59H99N11O12. The Morgan fingerprint density at radius 2 is 0.939 bits per heavy atom. The maximum Gasteiger partial charge on any atom is 0.254 e. The quantitative estimate of drug-likeness (QED) is 0.0688. The van der Waals surface area contributed by atoms with Crippen molar-refractivity contribution in [2.45, 2.75) is 182 Å². The zero-order valence-corrected chi connectivity index (χ0v) is 52.2. The Bertz CT molecular complexity index is 2340. The molecule has 1 saturated heterocycles. The van der Waals surface area contributed by atoms with Crippen molar-refractivity contribution in [3.63, 3.8) is 0 Å². The topological polar surface area (TPSA) is 279 Å². The number of nitrogens with zero attached hydrogens (tertiary/aromatic N) is 7. The highest BCUT2D eigenvalue weighted by Crippen LogP contribution is 2.23. The van der Waals surface area contributed by atoms with E-state index in [0.717, 1.165) is 29.7 Å². The van der Waals surface area contributed by atoms with Crippen LogP contribution in [0.1, 0.15) is 127 Å². The van der Waals surface area contributed by atoms with E-state index in [4.69, 9.17) is 0 Å². The molecule has 1 aromatic rings. The molecule has 23 nitrogen and oxygen atoms in total. The molecule has 1 heterocycles. The summed E-state index contributed by atoms with van der Waals surface area (Å²) < 4.78 is 0. The number of aliphatic hydroxyl groups excluding tert-OH is 1. The Labute approximate surface area is 487 Å². The molecule has 9 atom stereocenters. The van der Waals surface area contributed by atoms with Gasteiger partial charge in [0.15, 0.2) is 6.04 Å². The summed E-state index contributed by atoms with van der Waals surface area (Å²) in [7, 11) is 9.95. The lowest BCUT2D eigenvalue weighted by atomic mass is 9.96. The lowest BCUT2D eigenvalue weighted by Crippen LogP contribution is -2.62. The van der Waals surface area contributed by atoms with Gasteiger partial charge in [-0.05, 0) is 88.0 Å². The second-order valence-electron chi connectivity index (χ2n) is 23.8. The smallest absolute Gasteiger partial charge is 0.254 e. The molecule has 0 radical (unpaired) electrons. The number of hydrogen-bond donors (Lipinski definition) is 5. The van der Waals surface area contributed by atoms with E-state index in [0.29, 0.717) is 13.1 Å². The molecule has 0 saturated carbocycles. The highest BCUT2D eigenvalue weighted by molar-refractivity contribution is 6.07. The number of nitrogens with one attached hydrogen (secondary N) is 4. The fraction of sp³-hybridized carbons (Fsp3) is 0.712. The minimum absolute atomic E-state index is 0.119. The largest absolute Gasteiger partial charge is 0.391 e. The van der Waals surface area contributed by atoms with E-state index in [9.17, 15) is 57.8 Å². The van der Waals surface area contributed by atoms with Crippen molar-refractivity contribution < 1.29 is 57.8 Å². The SMILES string of the molecule is CNC(=O)[C@H](NC(=O)[C@H](CC(C)C)N(C)C(=O)[C@H](CC(C)C)N(C)C(=O)[C@H](CC(C)C)N(C)C(=O)CNC(=O)[C@H](C)N(C)C(=O)[C@@H](NC(=O)C(CC(C)C)N(C)C(=O)[C@H](Cc1ccccc1)N(C)C(C)=O)[C@@H](C)O)C(=O)N1CCCCC1. The van der Waals surface area contributed by atoms with Gasteiger partial charge in [0, 0.05) is 75.8 Å². The van der Waals surface area contributed by atoms with Crippen LogP contribution in [0.2, 0.25) is 0 Å². The van der Waals surface area contributed by atoms with Gasteiger partial charge in [0.2, 0.25) is 53.2 Å². The predicted octanol–water partition coefficient (Wildman–Crippen LogP) is 1.64. The molecule has 462 valence electrons. The number of piperidine rings is 1. The lowest BCUT2D eigenvalue weighted by molar-refractivity contribution is -0.153. The number of rotatable bonds is 30. The molecule has 0 spiro atoms. The number of aliphatic hydroxyl groups is 1. The van der Waals surface area contributed by atoms with Crippen LogP contribution in [-0.2, 0) is 59.2 Å². The van der Waals surface area contributed by atoms with E-state index in [1.807, 2.05) is 85.7 Å². The van der Waals surface area contributed by atoms with Crippen LogP contribution in [0.4, 0.5) is 0 Å². The number of carbonyl (C=O) groups is 11. The average Bonchev–Trinajstić information content (AvgIpc) is 3.43. The third-order valence-corrected chi connectivity index (χ3v) is 15.3. The van der Waals surface area contributed by atoms with Crippen LogP contribution >= 0.6 is 0 Å². The van der Waals surface area contributed by atoms with Crippen LogP contribution in [0, 0.1) is 23.7 Å². The molecular weight excluding hydrogens is 1050 g/mol.